The zero-order chi connectivity index (χ0) is 19.2. The number of carbonyl (C=O) groups is 1. The van der Waals surface area contributed by atoms with Crippen molar-refractivity contribution in [2.24, 2.45) is 0 Å². The minimum Gasteiger partial charge on any atom is -0.493 e. The molecule has 1 heterocycles. The van der Waals surface area contributed by atoms with Crippen LogP contribution in [-0.4, -0.2) is 30.2 Å². The van der Waals surface area contributed by atoms with Gasteiger partial charge in [-0.1, -0.05) is 30.3 Å². The molecule has 0 aliphatic rings. The maximum absolute atomic E-state index is 12.2. The summed E-state index contributed by atoms with van der Waals surface area (Å²) in [6, 6.07) is 12.7. The topological polar surface area (TPSA) is 97.4 Å². The quantitative estimate of drug-likeness (QED) is 0.545. The van der Waals surface area contributed by atoms with Crippen LogP contribution in [-0.2, 0) is 0 Å². The fraction of sp³-hybridized carbons (Fsp3) is 0.211. The number of ether oxygens (including phenoxy) is 2. The van der Waals surface area contributed by atoms with Crippen molar-refractivity contribution < 1.29 is 14.3 Å². The van der Waals surface area contributed by atoms with E-state index >= 15 is 0 Å². The van der Waals surface area contributed by atoms with E-state index in [1.807, 2.05) is 37.3 Å². The average Bonchev–Trinajstić information content (AvgIpc) is 2.71. The molecule has 0 fully saturated rings. The second-order valence-corrected chi connectivity index (χ2v) is 5.80. The number of fused-ring (bicyclic) bond motifs is 1. The maximum Gasteiger partial charge on any atom is 0.333 e. The van der Waals surface area contributed by atoms with Gasteiger partial charge in [0.25, 0.3) is 0 Å². The number of carbonyl (C=O) groups excluding carboxylic acids is 1. The molecule has 1 aromatic heterocycles. The second-order valence-electron chi connectivity index (χ2n) is 5.80. The molecule has 3 N–H and O–H groups in total. The number of rotatable bonds is 6. The summed E-state index contributed by atoms with van der Waals surface area (Å²) in [6.45, 7) is 1.91. The highest BCUT2D eigenvalue weighted by Gasteiger charge is 2.12. The van der Waals surface area contributed by atoms with E-state index < -0.39 is 0 Å². The van der Waals surface area contributed by atoms with Crippen molar-refractivity contribution in [2.45, 2.75) is 13.0 Å². The van der Waals surface area contributed by atoms with Gasteiger partial charge in [-0.25, -0.2) is 14.8 Å². The van der Waals surface area contributed by atoms with E-state index in [1.165, 1.54) is 6.33 Å². The molecule has 0 saturated heterocycles. The summed E-state index contributed by atoms with van der Waals surface area (Å²) in [5.74, 6) is 1.56. The lowest BCUT2D eigenvalue weighted by Crippen LogP contribution is -2.40. The van der Waals surface area contributed by atoms with Crippen molar-refractivity contribution in [3.05, 3.63) is 54.4 Å². The number of urea groups is 1. The number of amides is 2. The van der Waals surface area contributed by atoms with Crippen molar-refractivity contribution in [2.75, 3.05) is 19.6 Å². The van der Waals surface area contributed by atoms with E-state index in [9.17, 15) is 4.79 Å². The van der Waals surface area contributed by atoms with Gasteiger partial charge in [-0.05, 0) is 18.6 Å². The SMILES string of the molecule is COc1cc2ncnc(NNC(=O)NC(C)c3ccccc3)c2cc1OC.Cl. The summed E-state index contributed by atoms with van der Waals surface area (Å²) in [4.78, 5) is 20.6. The smallest absolute Gasteiger partial charge is 0.333 e. The van der Waals surface area contributed by atoms with E-state index in [0.29, 0.717) is 28.2 Å². The number of methoxy groups -OCH3 is 2. The number of nitrogens with zero attached hydrogens (tertiary/aromatic N) is 2. The van der Waals surface area contributed by atoms with Crippen LogP contribution >= 0.6 is 12.4 Å². The number of nitrogens with one attached hydrogen (secondary N) is 3. The van der Waals surface area contributed by atoms with Crippen LogP contribution in [0.4, 0.5) is 10.6 Å². The Kier molecular flexibility index (Phi) is 7.22. The number of hydrazine groups is 1. The third-order valence-electron chi connectivity index (χ3n) is 4.08. The summed E-state index contributed by atoms with van der Waals surface area (Å²) in [6.07, 6.45) is 1.41. The molecule has 1 atom stereocenters. The van der Waals surface area contributed by atoms with Gasteiger partial charge in [0.1, 0.15) is 6.33 Å². The molecule has 3 rings (SSSR count). The van der Waals surface area contributed by atoms with E-state index in [4.69, 9.17) is 9.47 Å². The lowest BCUT2D eigenvalue weighted by Gasteiger charge is -2.16. The summed E-state index contributed by atoms with van der Waals surface area (Å²) in [5, 5.41) is 3.54. The zero-order valence-corrected chi connectivity index (χ0v) is 16.5. The Morgan fingerprint density at radius 1 is 1.04 bits per heavy atom. The van der Waals surface area contributed by atoms with E-state index in [2.05, 4.69) is 26.1 Å². The Balaban J connectivity index is 0.00000280. The molecular formula is C19H22ClN5O3. The van der Waals surface area contributed by atoms with Crippen molar-refractivity contribution in [3.8, 4) is 11.5 Å². The molecule has 0 radical (unpaired) electrons. The third-order valence-corrected chi connectivity index (χ3v) is 4.08. The van der Waals surface area contributed by atoms with E-state index in [0.717, 1.165) is 5.56 Å². The fourth-order valence-electron chi connectivity index (χ4n) is 2.66. The highest BCUT2D eigenvalue weighted by Crippen LogP contribution is 2.33. The van der Waals surface area contributed by atoms with Gasteiger partial charge in [-0.15, -0.1) is 12.4 Å². The van der Waals surface area contributed by atoms with Gasteiger partial charge < -0.3 is 14.8 Å². The first kappa shape index (κ1) is 21.0. The Labute approximate surface area is 169 Å². The summed E-state index contributed by atoms with van der Waals surface area (Å²) < 4.78 is 10.6. The highest BCUT2D eigenvalue weighted by molar-refractivity contribution is 5.92. The number of hydrogen-bond acceptors (Lipinski definition) is 6. The van der Waals surface area contributed by atoms with Gasteiger partial charge >= 0.3 is 6.03 Å². The molecule has 3 aromatic rings. The van der Waals surface area contributed by atoms with Crippen LogP contribution in [0.3, 0.4) is 0 Å². The van der Waals surface area contributed by atoms with Gasteiger partial charge in [-0.3, -0.25) is 10.9 Å². The highest BCUT2D eigenvalue weighted by atomic mass is 35.5. The Morgan fingerprint density at radius 3 is 2.39 bits per heavy atom. The lowest BCUT2D eigenvalue weighted by molar-refractivity contribution is 0.240. The first-order valence-electron chi connectivity index (χ1n) is 8.36. The first-order chi connectivity index (χ1) is 13.1. The van der Waals surface area contributed by atoms with Crippen LogP contribution in [0, 0.1) is 0 Å². The number of anilines is 1. The van der Waals surface area contributed by atoms with Crippen LogP contribution < -0.4 is 25.6 Å². The normalized spacial score (nSPS) is 11.1. The van der Waals surface area contributed by atoms with Gasteiger partial charge in [0, 0.05) is 11.5 Å². The second kappa shape index (κ2) is 9.61. The number of hydrogen-bond donors (Lipinski definition) is 3. The zero-order valence-electron chi connectivity index (χ0n) is 15.7. The van der Waals surface area contributed by atoms with Crippen molar-refractivity contribution in [3.63, 3.8) is 0 Å². The summed E-state index contributed by atoms with van der Waals surface area (Å²) in [7, 11) is 3.11. The van der Waals surface area contributed by atoms with Crippen LogP contribution in [0.2, 0.25) is 0 Å². The summed E-state index contributed by atoms with van der Waals surface area (Å²) >= 11 is 0. The van der Waals surface area contributed by atoms with Crippen molar-refractivity contribution in [1.29, 1.82) is 0 Å². The fourth-order valence-corrected chi connectivity index (χ4v) is 2.66. The molecular weight excluding hydrogens is 382 g/mol. The van der Waals surface area contributed by atoms with Gasteiger partial charge in [-0.2, -0.15) is 0 Å². The third kappa shape index (κ3) is 4.72. The Hall–Kier alpha value is -3.26. The Morgan fingerprint density at radius 2 is 1.71 bits per heavy atom. The molecule has 1 unspecified atom stereocenters. The van der Waals surface area contributed by atoms with Crippen LogP contribution in [0.15, 0.2) is 48.8 Å². The van der Waals surface area contributed by atoms with Gasteiger partial charge in [0.15, 0.2) is 17.3 Å². The van der Waals surface area contributed by atoms with Crippen LogP contribution in [0.1, 0.15) is 18.5 Å². The molecule has 9 heteroatoms. The molecule has 0 aliphatic heterocycles. The molecule has 148 valence electrons. The lowest BCUT2D eigenvalue weighted by atomic mass is 10.1. The van der Waals surface area contributed by atoms with Crippen LogP contribution in [0.5, 0.6) is 11.5 Å². The number of benzene rings is 2. The number of halogens is 1. The maximum atomic E-state index is 12.2. The predicted molar refractivity (Wildman–Crippen MR) is 110 cm³/mol. The first-order valence-corrected chi connectivity index (χ1v) is 8.36. The molecule has 2 aromatic carbocycles. The predicted octanol–water partition coefficient (Wildman–Crippen LogP) is 3.46. The molecule has 8 nitrogen and oxygen atoms in total. The largest absolute Gasteiger partial charge is 0.493 e. The molecule has 2 amide bonds. The van der Waals surface area contributed by atoms with E-state index in [-0.39, 0.29) is 24.5 Å². The van der Waals surface area contributed by atoms with Crippen molar-refractivity contribution >= 4 is 35.2 Å². The van der Waals surface area contributed by atoms with Crippen molar-refractivity contribution in [1.82, 2.24) is 20.7 Å². The van der Waals surface area contributed by atoms with Gasteiger partial charge in [0.2, 0.25) is 0 Å². The monoisotopic (exact) mass is 403 g/mol. The number of aromatic nitrogens is 2. The average molecular weight is 404 g/mol. The molecule has 0 aliphatic carbocycles. The summed E-state index contributed by atoms with van der Waals surface area (Å²) in [5.41, 5.74) is 7.09. The molecule has 28 heavy (non-hydrogen) atoms. The van der Waals surface area contributed by atoms with E-state index in [1.54, 1.807) is 26.4 Å². The van der Waals surface area contributed by atoms with Gasteiger partial charge in [0.05, 0.1) is 25.8 Å². The molecule has 0 saturated carbocycles. The minimum absolute atomic E-state index is 0. The van der Waals surface area contributed by atoms with Crippen LogP contribution in [0.25, 0.3) is 10.9 Å². The molecule has 0 spiro atoms. The molecule has 0 bridgehead atoms. The minimum atomic E-state index is -0.376. The Bertz CT molecular complexity index is 940. The standard InChI is InChI=1S/C19H21N5O3.ClH/c1-12(13-7-5-4-6-8-13)22-19(25)24-23-18-14-9-16(26-2)17(27-3)10-15(14)20-11-21-18;/h4-12H,1-3H3,(H,20,21,23)(H2,22,24,25);1H.